The summed E-state index contributed by atoms with van der Waals surface area (Å²) in [6.07, 6.45) is 2.40. The summed E-state index contributed by atoms with van der Waals surface area (Å²) in [4.78, 5) is 13.1. The molecule has 1 aliphatic rings. The number of hydrogen-bond donors (Lipinski definition) is 1. The van der Waals surface area contributed by atoms with E-state index in [9.17, 15) is 4.79 Å². The first-order chi connectivity index (χ1) is 8.75. The van der Waals surface area contributed by atoms with Gasteiger partial charge in [0.1, 0.15) is 0 Å². The molecule has 1 atom stereocenters. The minimum atomic E-state index is -0.719. The molecule has 1 fully saturated rings. The lowest BCUT2D eigenvalue weighted by molar-refractivity contribution is -0.140. The molecule has 1 unspecified atom stereocenters. The number of carbonyl (C=O) groups is 1. The van der Waals surface area contributed by atoms with Crippen LogP contribution in [-0.4, -0.2) is 34.4 Å². The highest BCUT2D eigenvalue weighted by Gasteiger charge is 2.28. The zero-order valence-corrected chi connectivity index (χ0v) is 9.78. The third-order valence-electron chi connectivity index (χ3n) is 3.40. The maximum Gasteiger partial charge on any atom is 0.308 e. The molecule has 2 heterocycles. The van der Waals surface area contributed by atoms with Crippen molar-refractivity contribution >= 4 is 22.6 Å². The standard InChI is InChI=1S/C13H13N3O2/c17-13(18)9-5-6-16(8-9)12-7-14-15-11-4-2-1-3-10(11)12/h1-4,7,9H,5-6,8H2,(H,17,18). The number of rotatable bonds is 2. The van der Waals surface area contributed by atoms with Crippen molar-refractivity contribution in [3.8, 4) is 0 Å². The van der Waals surface area contributed by atoms with Crippen LogP contribution in [0.4, 0.5) is 5.69 Å². The lowest BCUT2D eigenvalue weighted by Crippen LogP contribution is -2.23. The second-order valence-corrected chi connectivity index (χ2v) is 4.52. The summed E-state index contributed by atoms with van der Waals surface area (Å²) in [5, 5.41) is 18.1. The SMILES string of the molecule is O=C(O)C1CCN(c2cnnc3ccccc23)C1. The molecule has 0 spiro atoms. The number of carboxylic acids is 1. The van der Waals surface area contributed by atoms with E-state index in [0.717, 1.165) is 23.1 Å². The molecule has 92 valence electrons. The third kappa shape index (κ3) is 1.77. The molecule has 0 bridgehead atoms. The van der Waals surface area contributed by atoms with Crippen LogP contribution < -0.4 is 4.90 Å². The Labute approximate surface area is 104 Å². The average Bonchev–Trinajstić information content (AvgIpc) is 2.87. The van der Waals surface area contributed by atoms with Crippen LogP contribution in [0, 0.1) is 5.92 Å². The largest absolute Gasteiger partial charge is 0.481 e. The normalized spacial score (nSPS) is 19.3. The van der Waals surface area contributed by atoms with Gasteiger partial charge in [0, 0.05) is 18.5 Å². The summed E-state index contributed by atoms with van der Waals surface area (Å²) >= 11 is 0. The lowest BCUT2D eigenvalue weighted by atomic mass is 10.1. The molecular weight excluding hydrogens is 230 g/mol. The van der Waals surface area contributed by atoms with Gasteiger partial charge in [-0.15, -0.1) is 0 Å². The lowest BCUT2D eigenvalue weighted by Gasteiger charge is -2.19. The van der Waals surface area contributed by atoms with Gasteiger partial charge in [0.15, 0.2) is 0 Å². The van der Waals surface area contributed by atoms with Gasteiger partial charge < -0.3 is 10.0 Å². The Kier molecular flexibility index (Phi) is 2.59. The maximum atomic E-state index is 11.0. The van der Waals surface area contributed by atoms with Crippen molar-refractivity contribution in [2.24, 2.45) is 5.92 Å². The van der Waals surface area contributed by atoms with Crippen molar-refractivity contribution < 1.29 is 9.90 Å². The molecule has 5 nitrogen and oxygen atoms in total. The summed E-state index contributed by atoms with van der Waals surface area (Å²) < 4.78 is 0. The van der Waals surface area contributed by atoms with Crippen LogP contribution >= 0.6 is 0 Å². The Bertz CT molecular complexity index is 594. The summed E-state index contributed by atoms with van der Waals surface area (Å²) in [6.45, 7) is 1.30. The molecule has 3 rings (SSSR count). The number of benzene rings is 1. The van der Waals surface area contributed by atoms with Crippen LogP contribution in [-0.2, 0) is 4.79 Å². The first-order valence-electron chi connectivity index (χ1n) is 5.94. The van der Waals surface area contributed by atoms with Crippen molar-refractivity contribution in [1.82, 2.24) is 10.2 Å². The fourth-order valence-corrected chi connectivity index (χ4v) is 2.43. The Morgan fingerprint density at radius 1 is 1.39 bits per heavy atom. The minimum absolute atomic E-state index is 0.281. The summed E-state index contributed by atoms with van der Waals surface area (Å²) in [5.74, 6) is -0.999. The fraction of sp³-hybridized carbons (Fsp3) is 0.308. The van der Waals surface area contributed by atoms with Crippen LogP contribution in [0.3, 0.4) is 0 Å². The molecule has 0 radical (unpaired) electrons. The van der Waals surface area contributed by atoms with Crippen LogP contribution in [0.15, 0.2) is 30.5 Å². The first-order valence-corrected chi connectivity index (χ1v) is 5.94. The van der Waals surface area contributed by atoms with E-state index in [1.807, 2.05) is 24.3 Å². The minimum Gasteiger partial charge on any atom is -0.481 e. The van der Waals surface area contributed by atoms with E-state index in [0.29, 0.717) is 13.0 Å². The quantitative estimate of drug-likeness (QED) is 0.866. The monoisotopic (exact) mass is 243 g/mol. The van der Waals surface area contributed by atoms with Gasteiger partial charge >= 0.3 is 5.97 Å². The van der Waals surface area contributed by atoms with Crippen molar-refractivity contribution in [2.45, 2.75) is 6.42 Å². The molecule has 0 saturated carbocycles. The maximum absolute atomic E-state index is 11.0. The zero-order valence-electron chi connectivity index (χ0n) is 9.78. The molecule has 1 aromatic heterocycles. The van der Waals surface area contributed by atoms with Gasteiger partial charge in [-0.05, 0) is 12.5 Å². The number of nitrogens with zero attached hydrogens (tertiary/aromatic N) is 3. The predicted octanol–water partition coefficient (Wildman–Crippen LogP) is 1.54. The molecular formula is C13H13N3O2. The second kappa shape index (κ2) is 4.25. The molecule has 0 amide bonds. The molecule has 18 heavy (non-hydrogen) atoms. The molecule has 1 saturated heterocycles. The van der Waals surface area contributed by atoms with E-state index in [4.69, 9.17) is 5.11 Å². The average molecular weight is 243 g/mol. The van der Waals surface area contributed by atoms with Gasteiger partial charge in [-0.1, -0.05) is 18.2 Å². The van der Waals surface area contributed by atoms with Crippen LogP contribution in [0.25, 0.3) is 10.9 Å². The summed E-state index contributed by atoms with van der Waals surface area (Å²) in [5.41, 5.74) is 1.82. The van der Waals surface area contributed by atoms with Gasteiger partial charge in [0.05, 0.1) is 23.3 Å². The van der Waals surface area contributed by atoms with Gasteiger partial charge in [-0.2, -0.15) is 10.2 Å². The van der Waals surface area contributed by atoms with Crippen molar-refractivity contribution in [1.29, 1.82) is 0 Å². The Morgan fingerprint density at radius 2 is 2.22 bits per heavy atom. The smallest absolute Gasteiger partial charge is 0.308 e. The van der Waals surface area contributed by atoms with E-state index >= 15 is 0 Å². The molecule has 1 aromatic carbocycles. The van der Waals surface area contributed by atoms with Crippen molar-refractivity contribution in [3.63, 3.8) is 0 Å². The van der Waals surface area contributed by atoms with E-state index in [1.54, 1.807) is 6.20 Å². The molecule has 2 aromatic rings. The first kappa shape index (κ1) is 11.0. The van der Waals surface area contributed by atoms with Crippen LogP contribution in [0.1, 0.15) is 6.42 Å². The number of carboxylic acid groups (broad SMARTS) is 1. The topological polar surface area (TPSA) is 66.3 Å². The van der Waals surface area contributed by atoms with E-state index in [1.165, 1.54) is 0 Å². The predicted molar refractivity (Wildman–Crippen MR) is 67.5 cm³/mol. The molecule has 0 aliphatic carbocycles. The molecule has 1 N–H and O–H groups in total. The van der Waals surface area contributed by atoms with Gasteiger partial charge in [0.2, 0.25) is 0 Å². The van der Waals surface area contributed by atoms with Crippen molar-refractivity contribution in [3.05, 3.63) is 30.5 Å². The third-order valence-corrected chi connectivity index (χ3v) is 3.40. The highest BCUT2D eigenvalue weighted by molar-refractivity contribution is 5.91. The highest BCUT2D eigenvalue weighted by atomic mass is 16.4. The molecule has 5 heteroatoms. The number of aromatic nitrogens is 2. The van der Waals surface area contributed by atoms with E-state index in [-0.39, 0.29) is 5.92 Å². The number of anilines is 1. The Balaban J connectivity index is 1.98. The van der Waals surface area contributed by atoms with E-state index < -0.39 is 5.97 Å². The second-order valence-electron chi connectivity index (χ2n) is 4.52. The Morgan fingerprint density at radius 3 is 3.00 bits per heavy atom. The van der Waals surface area contributed by atoms with Gasteiger partial charge in [-0.25, -0.2) is 0 Å². The zero-order chi connectivity index (χ0) is 12.5. The van der Waals surface area contributed by atoms with Gasteiger partial charge in [-0.3, -0.25) is 4.79 Å². The Hall–Kier alpha value is -2.17. The van der Waals surface area contributed by atoms with Crippen LogP contribution in [0.5, 0.6) is 0 Å². The molecule has 1 aliphatic heterocycles. The summed E-state index contributed by atoms with van der Waals surface area (Å²) in [7, 11) is 0. The van der Waals surface area contributed by atoms with Gasteiger partial charge in [0.25, 0.3) is 0 Å². The summed E-state index contributed by atoms with van der Waals surface area (Å²) in [6, 6.07) is 7.78. The van der Waals surface area contributed by atoms with E-state index in [2.05, 4.69) is 15.1 Å². The highest BCUT2D eigenvalue weighted by Crippen LogP contribution is 2.29. The number of hydrogen-bond acceptors (Lipinski definition) is 4. The number of fused-ring (bicyclic) bond motifs is 1. The van der Waals surface area contributed by atoms with Crippen molar-refractivity contribution in [2.75, 3.05) is 18.0 Å². The number of aliphatic carboxylic acids is 1. The van der Waals surface area contributed by atoms with Crippen LogP contribution in [0.2, 0.25) is 0 Å². The fourth-order valence-electron chi connectivity index (χ4n) is 2.43.